The molecule has 0 amide bonds. The van der Waals surface area contributed by atoms with Crippen molar-refractivity contribution in [3.05, 3.63) is 52.5 Å². The van der Waals surface area contributed by atoms with Gasteiger partial charge in [0.15, 0.2) is 23.1 Å². The average molecular weight is 485 g/mol. The zero-order valence-corrected chi connectivity index (χ0v) is 18.9. The van der Waals surface area contributed by atoms with Crippen LogP contribution in [-0.2, 0) is 4.74 Å². The number of morpholine rings is 1. The molecule has 2 aliphatic rings. The van der Waals surface area contributed by atoms with Crippen LogP contribution in [0.1, 0.15) is 6.42 Å². The minimum absolute atomic E-state index is 0.156. The first kappa shape index (κ1) is 23.1. The number of hydrogen-bond donors (Lipinski definition) is 0. The Bertz CT molecular complexity index is 1230. The van der Waals surface area contributed by atoms with Gasteiger partial charge in [-0.3, -0.25) is 20.0 Å². The van der Waals surface area contributed by atoms with E-state index in [2.05, 4.69) is 9.88 Å². The number of hydrogen-bond acceptors (Lipinski definition) is 9. The fourth-order valence-electron chi connectivity index (χ4n) is 4.07. The molecular weight excluding hydrogens is 461 g/mol. The van der Waals surface area contributed by atoms with Crippen LogP contribution in [0.2, 0.25) is 0 Å². The van der Waals surface area contributed by atoms with Crippen molar-refractivity contribution in [2.24, 2.45) is 0 Å². The lowest BCUT2D eigenvalue weighted by molar-refractivity contribution is -0.385. The predicted octanol–water partition coefficient (Wildman–Crippen LogP) is 3.95. The fourth-order valence-corrected chi connectivity index (χ4v) is 4.07. The maximum atomic E-state index is 14.5. The molecule has 0 bridgehead atoms. The van der Waals surface area contributed by atoms with E-state index in [4.69, 9.17) is 23.7 Å². The Kier molecular flexibility index (Phi) is 6.77. The van der Waals surface area contributed by atoms with Gasteiger partial charge in [-0.05, 0) is 18.6 Å². The number of nitrogens with zero attached hydrogens (tertiary/aromatic N) is 3. The number of benzene rings is 2. The van der Waals surface area contributed by atoms with E-state index < -0.39 is 10.7 Å². The summed E-state index contributed by atoms with van der Waals surface area (Å²) >= 11 is 0. The van der Waals surface area contributed by atoms with Crippen molar-refractivity contribution >= 4 is 16.6 Å². The summed E-state index contributed by atoms with van der Waals surface area (Å²) < 4.78 is 43.5. The average Bonchev–Trinajstić information content (AvgIpc) is 2.88. The molecule has 35 heavy (non-hydrogen) atoms. The van der Waals surface area contributed by atoms with E-state index in [-0.39, 0.29) is 17.2 Å². The maximum Gasteiger partial charge on any atom is 0.272 e. The van der Waals surface area contributed by atoms with E-state index in [1.165, 1.54) is 18.3 Å². The summed E-state index contributed by atoms with van der Waals surface area (Å²) in [5.74, 6) is 0.635. The predicted molar refractivity (Wildman–Crippen MR) is 123 cm³/mol. The van der Waals surface area contributed by atoms with Crippen LogP contribution in [0.5, 0.6) is 28.7 Å². The molecule has 11 heteroatoms. The number of fused-ring (bicyclic) bond motifs is 3. The molecule has 3 aromatic rings. The maximum absolute atomic E-state index is 14.5. The van der Waals surface area contributed by atoms with Crippen LogP contribution in [-0.4, -0.2) is 67.5 Å². The number of nitro groups is 1. The monoisotopic (exact) mass is 485 g/mol. The third kappa shape index (κ3) is 5.05. The molecule has 0 N–H and O–H groups in total. The van der Waals surface area contributed by atoms with Gasteiger partial charge in [-0.25, -0.2) is 4.39 Å². The molecule has 0 saturated carbocycles. The quantitative estimate of drug-likeness (QED) is 0.266. The highest BCUT2D eigenvalue weighted by atomic mass is 19.1. The summed E-state index contributed by atoms with van der Waals surface area (Å²) in [5.41, 5.74) is 0.163. The van der Waals surface area contributed by atoms with Crippen LogP contribution in [0.3, 0.4) is 0 Å². The van der Waals surface area contributed by atoms with E-state index in [0.717, 1.165) is 45.3 Å². The molecular formula is C24H24FN3O7. The van der Waals surface area contributed by atoms with Crippen molar-refractivity contribution in [2.45, 2.75) is 6.42 Å². The number of nitro benzene ring substituents is 1. The Balaban J connectivity index is 1.40. The molecule has 0 atom stereocenters. The number of ether oxygens (including phenoxy) is 5. The van der Waals surface area contributed by atoms with Crippen LogP contribution in [0.25, 0.3) is 10.9 Å². The van der Waals surface area contributed by atoms with Gasteiger partial charge < -0.3 is 23.7 Å². The zero-order valence-electron chi connectivity index (χ0n) is 18.9. The summed E-state index contributed by atoms with van der Waals surface area (Å²) in [6.45, 7) is 5.43. The molecule has 1 saturated heterocycles. The number of halogens is 1. The Morgan fingerprint density at radius 2 is 1.83 bits per heavy atom. The van der Waals surface area contributed by atoms with Gasteiger partial charge in [0.1, 0.15) is 19.0 Å². The molecule has 5 rings (SSSR count). The Labute approximate surface area is 200 Å². The lowest BCUT2D eigenvalue weighted by atomic mass is 10.1. The number of pyridine rings is 1. The van der Waals surface area contributed by atoms with E-state index in [1.54, 1.807) is 12.1 Å². The molecule has 2 aliphatic heterocycles. The zero-order chi connectivity index (χ0) is 24.2. The molecule has 0 radical (unpaired) electrons. The highest BCUT2D eigenvalue weighted by Gasteiger charge is 2.25. The highest BCUT2D eigenvalue weighted by Crippen LogP contribution is 2.48. The molecule has 2 aromatic carbocycles. The molecule has 184 valence electrons. The second-order valence-electron chi connectivity index (χ2n) is 8.06. The Morgan fingerprint density at radius 3 is 2.60 bits per heavy atom. The second-order valence-corrected chi connectivity index (χ2v) is 8.06. The summed E-state index contributed by atoms with van der Waals surface area (Å²) in [6.07, 6.45) is 2.36. The van der Waals surface area contributed by atoms with Crippen LogP contribution in [0.15, 0.2) is 36.5 Å². The lowest BCUT2D eigenvalue weighted by Crippen LogP contribution is -2.37. The van der Waals surface area contributed by atoms with Gasteiger partial charge in [0.2, 0.25) is 5.75 Å². The van der Waals surface area contributed by atoms with Gasteiger partial charge in [0, 0.05) is 38.0 Å². The minimum atomic E-state index is -0.851. The first-order valence-electron chi connectivity index (χ1n) is 11.4. The van der Waals surface area contributed by atoms with Crippen molar-refractivity contribution in [2.75, 3.05) is 52.7 Å². The third-order valence-electron chi connectivity index (χ3n) is 5.77. The smallest absolute Gasteiger partial charge is 0.272 e. The Hall–Kier alpha value is -3.70. The summed E-state index contributed by atoms with van der Waals surface area (Å²) in [4.78, 5) is 17.0. The topological polar surface area (TPSA) is 105 Å². The van der Waals surface area contributed by atoms with Crippen molar-refractivity contribution in [1.82, 2.24) is 9.88 Å². The van der Waals surface area contributed by atoms with Gasteiger partial charge in [-0.1, -0.05) is 0 Å². The standard InChI is InChI=1S/C24H24FN3O7/c25-17-14-16(28(29)30)2-3-19(17)35-20-4-5-26-18-15-21(23-24(22(18)20)34-13-12-33-23)32-9-1-6-27-7-10-31-11-8-27/h2-5,14-15H,1,6-13H2. The number of aromatic nitrogens is 1. The number of non-ortho nitro benzene ring substituents is 1. The Morgan fingerprint density at radius 1 is 1.03 bits per heavy atom. The van der Waals surface area contributed by atoms with Crippen molar-refractivity contribution in [3.63, 3.8) is 0 Å². The molecule has 1 aromatic heterocycles. The van der Waals surface area contributed by atoms with Gasteiger partial charge in [0.25, 0.3) is 5.69 Å². The van der Waals surface area contributed by atoms with Crippen molar-refractivity contribution in [3.8, 4) is 28.7 Å². The molecule has 1 fully saturated rings. The second kappa shape index (κ2) is 10.3. The number of rotatable bonds is 8. The van der Waals surface area contributed by atoms with Crippen LogP contribution >= 0.6 is 0 Å². The van der Waals surface area contributed by atoms with Gasteiger partial charge in [-0.15, -0.1) is 0 Å². The molecule has 0 spiro atoms. The third-order valence-corrected chi connectivity index (χ3v) is 5.77. The normalized spacial score (nSPS) is 15.7. The minimum Gasteiger partial charge on any atom is -0.489 e. The van der Waals surface area contributed by atoms with Crippen molar-refractivity contribution < 1.29 is 33.0 Å². The molecule has 0 unspecified atom stereocenters. The summed E-state index contributed by atoms with van der Waals surface area (Å²) in [6, 6.07) is 6.53. The van der Waals surface area contributed by atoms with E-state index in [9.17, 15) is 14.5 Å². The lowest BCUT2D eigenvalue weighted by Gasteiger charge is -2.26. The molecule has 10 nitrogen and oxygen atoms in total. The van der Waals surface area contributed by atoms with Crippen LogP contribution < -0.4 is 18.9 Å². The molecule has 3 heterocycles. The highest BCUT2D eigenvalue weighted by molar-refractivity contribution is 5.95. The van der Waals surface area contributed by atoms with Crippen LogP contribution in [0.4, 0.5) is 10.1 Å². The largest absolute Gasteiger partial charge is 0.489 e. The van der Waals surface area contributed by atoms with E-state index in [0.29, 0.717) is 48.0 Å². The fraction of sp³-hybridized carbons (Fsp3) is 0.375. The van der Waals surface area contributed by atoms with E-state index >= 15 is 0 Å². The van der Waals surface area contributed by atoms with Gasteiger partial charge in [-0.2, -0.15) is 0 Å². The van der Waals surface area contributed by atoms with Crippen LogP contribution in [0, 0.1) is 15.9 Å². The van der Waals surface area contributed by atoms with Gasteiger partial charge in [0.05, 0.1) is 41.7 Å². The summed E-state index contributed by atoms with van der Waals surface area (Å²) in [7, 11) is 0. The molecule has 0 aliphatic carbocycles. The SMILES string of the molecule is O=[N+]([O-])c1ccc(Oc2ccnc3cc(OCCCN4CCOCC4)c4c(c23)OCCO4)c(F)c1. The van der Waals surface area contributed by atoms with Gasteiger partial charge >= 0.3 is 0 Å². The summed E-state index contributed by atoms with van der Waals surface area (Å²) in [5, 5.41) is 11.4. The first-order valence-corrected chi connectivity index (χ1v) is 11.4. The van der Waals surface area contributed by atoms with E-state index in [1.807, 2.05) is 0 Å². The van der Waals surface area contributed by atoms with Crippen molar-refractivity contribution in [1.29, 1.82) is 0 Å². The first-order chi connectivity index (χ1) is 17.1.